The molecule has 0 bridgehead atoms. The first-order valence-electron chi connectivity index (χ1n) is 4.30. The summed E-state index contributed by atoms with van der Waals surface area (Å²) in [6.45, 7) is 1.98. The normalized spacial score (nSPS) is 11.2. The van der Waals surface area contributed by atoms with E-state index < -0.39 is 11.2 Å². The van der Waals surface area contributed by atoms with Crippen LogP contribution in [-0.4, -0.2) is 17.8 Å². The second-order valence-corrected chi connectivity index (χ2v) is 3.23. The van der Waals surface area contributed by atoms with Crippen LogP contribution in [0.2, 0.25) is 0 Å². The number of carbonyl (C=O) groups excluding carboxylic acids is 1. The van der Waals surface area contributed by atoms with Crippen molar-refractivity contribution in [1.29, 1.82) is 0 Å². The molecule has 0 heterocycles. The van der Waals surface area contributed by atoms with Gasteiger partial charge in [0.2, 0.25) is 0 Å². The summed E-state index contributed by atoms with van der Waals surface area (Å²) in [4.78, 5) is 11.2. The van der Waals surface area contributed by atoms with Gasteiger partial charge < -0.3 is 4.74 Å². The number of Topliss-reactive ketones (excluding diaryl/α,β-unsaturated/α-hetero) is 1. The molecule has 0 saturated heterocycles. The highest BCUT2D eigenvalue weighted by molar-refractivity contribution is 6.35. The zero-order valence-electron chi connectivity index (χ0n) is 7.97. The molecule has 1 aromatic rings. The van der Waals surface area contributed by atoms with E-state index in [0.717, 1.165) is 0 Å². The van der Waals surface area contributed by atoms with Crippen LogP contribution in [0.15, 0.2) is 24.3 Å². The third kappa shape index (κ3) is 2.89. The fourth-order valence-corrected chi connectivity index (χ4v) is 1.19. The molecule has 0 aliphatic carbocycles. The summed E-state index contributed by atoms with van der Waals surface area (Å²) >= 11 is 4.65. The molecule has 1 rings (SSSR count). The predicted octanol–water partition coefficient (Wildman–Crippen LogP) is 3.10. The van der Waals surface area contributed by atoms with Crippen LogP contribution in [0.5, 0.6) is 5.75 Å². The first-order valence-corrected chi connectivity index (χ1v) is 4.68. The molecule has 15 heavy (non-hydrogen) atoms. The molecule has 0 radical (unpaired) electrons. The lowest BCUT2D eigenvalue weighted by molar-refractivity contribution is 0.0532. The molecule has 82 valence electrons. The summed E-state index contributed by atoms with van der Waals surface area (Å²) in [5.74, 6) is -1.33. The van der Waals surface area contributed by atoms with Gasteiger partial charge in [-0.3, -0.25) is 4.79 Å². The van der Waals surface area contributed by atoms with E-state index in [1.165, 1.54) is 18.2 Å². The lowest BCUT2D eigenvalue weighted by atomic mass is 10.1. The number of ketones is 1. The second-order valence-electron chi connectivity index (χ2n) is 2.76. The summed E-state index contributed by atoms with van der Waals surface area (Å²) in [7, 11) is 0. The molecule has 0 aliphatic rings. The van der Waals surface area contributed by atoms with Gasteiger partial charge in [-0.15, -0.1) is 0 Å². The average molecular weight is 235 g/mol. The Bertz CT molecular complexity index is 361. The fourth-order valence-electron chi connectivity index (χ4n) is 1.09. The number of hydrogen-bond donors (Lipinski definition) is 0. The molecule has 0 spiro atoms. The topological polar surface area (TPSA) is 26.3 Å². The van der Waals surface area contributed by atoms with E-state index in [1.807, 2.05) is 0 Å². The summed E-state index contributed by atoms with van der Waals surface area (Å²) in [5.41, 5.74) is -0.209. The van der Waals surface area contributed by atoms with Crippen molar-refractivity contribution in [2.24, 2.45) is 0 Å². The molecular weight excluding hydrogens is 226 g/mol. The van der Waals surface area contributed by atoms with Crippen LogP contribution in [0.3, 0.4) is 0 Å². The molecule has 0 fully saturated rings. The highest BCUT2D eigenvalue weighted by Crippen LogP contribution is 2.29. The molecule has 5 heteroatoms. The minimum atomic E-state index is -3.90. The third-order valence-corrected chi connectivity index (χ3v) is 1.86. The summed E-state index contributed by atoms with van der Waals surface area (Å²) in [6.07, 6.45) is 0. The monoisotopic (exact) mass is 234 g/mol. The standard InChI is InChI=1S/C10H9ClF2O2/c1-2-15-8-6-4-3-5-7(8)9(14)10(11,12)13/h3-6H,2H2,1H3. The third-order valence-electron chi connectivity index (χ3n) is 1.69. The molecule has 0 aromatic heterocycles. The molecule has 0 amide bonds. The van der Waals surface area contributed by atoms with Crippen molar-refractivity contribution >= 4 is 17.4 Å². The Hall–Kier alpha value is -1.16. The van der Waals surface area contributed by atoms with E-state index >= 15 is 0 Å². The van der Waals surface area contributed by atoms with Crippen molar-refractivity contribution in [2.75, 3.05) is 6.61 Å². The molecule has 0 saturated carbocycles. The molecule has 0 unspecified atom stereocenters. The molecular formula is C10H9ClF2O2. The Morgan fingerprint density at radius 1 is 1.47 bits per heavy atom. The van der Waals surface area contributed by atoms with Gasteiger partial charge in [-0.25, -0.2) is 0 Å². The van der Waals surface area contributed by atoms with Gasteiger partial charge in [-0.2, -0.15) is 8.78 Å². The summed E-state index contributed by atoms with van der Waals surface area (Å²) in [6, 6.07) is 5.76. The quantitative estimate of drug-likeness (QED) is 0.591. The molecule has 0 N–H and O–H groups in total. The van der Waals surface area contributed by atoms with Gasteiger partial charge in [0.1, 0.15) is 5.75 Å². The highest BCUT2D eigenvalue weighted by atomic mass is 35.5. The largest absolute Gasteiger partial charge is 0.493 e. The lowest BCUT2D eigenvalue weighted by Crippen LogP contribution is -2.22. The SMILES string of the molecule is CCOc1ccccc1C(=O)C(F)(F)Cl. The van der Waals surface area contributed by atoms with Gasteiger partial charge in [-0.1, -0.05) is 12.1 Å². The van der Waals surface area contributed by atoms with Crippen LogP contribution >= 0.6 is 11.6 Å². The fraction of sp³-hybridized carbons (Fsp3) is 0.300. The predicted molar refractivity (Wildman–Crippen MR) is 52.7 cm³/mol. The van der Waals surface area contributed by atoms with Crippen molar-refractivity contribution in [3.63, 3.8) is 0 Å². The number of hydrogen-bond acceptors (Lipinski definition) is 2. The first-order chi connectivity index (χ1) is 6.96. The second kappa shape index (κ2) is 4.57. The summed E-state index contributed by atoms with van der Waals surface area (Å²) in [5, 5.41) is -3.90. The Balaban J connectivity index is 3.08. The number of para-hydroxylation sites is 1. The van der Waals surface area contributed by atoms with Gasteiger partial charge in [0, 0.05) is 0 Å². The zero-order chi connectivity index (χ0) is 11.5. The minimum Gasteiger partial charge on any atom is -0.493 e. The van der Waals surface area contributed by atoms with E-state index in [4.69, 9.17) is 4.74 Å². The van der Waals surface area contributed by atoms with Gasteiger partial charge >= 0.3 is 5.38 Å². The van der Waals surface area contributed by atoms with E-state index in [0.29, 0.717) is 0 Å². The maximum absolute atomic E-state index is 12.6. The summed E-state index contributed by atoms with van der Waals surface area (Å²) < 4.78 is 30.2. The number of ether oxygens (including phenoxy) is 1. The van der Waals surface area contributed by atoms with Gasteiger partial charge in [0.25, 0.3) is 5.78 Å². The molecule has 0 aliphatic heterocycles. The molecule has 0 atom stereocenters. The van der Waals surface area contributed by atoms with Gasteiger partial charge in [0.15, 0.2) is 0 Å². The molecule has 2 nitrogen and oxygen atoms in total. The van der Waals surface area contributed by atoms with Gasteiger partial charge in [-0.05, 0) is 30.7 Å². The number of alkyl halides is 3. The molecule has 1 aromatic carbocycles. The Labute approximate surface area is 90.8 Å². The Morgan fingerprint density at radius 2 is 2.07 bits per heavy atom. The van der Waals surface area contributed by atoms with Crippen molar-refractivity contribution in [3.8, 4) is 5.75 Å². The Kier molecular flexibility index (Phi) is 3.63. The number of benzene rings is 1. The zero-order valence-corrected chi connectivity index (χ0v) is 8.72. The lowest BCUT2D eigenvalue weighted by Gasteiger charge is -2.11. The van der Waals surface area contributed by atoms with E-state index in [2.05, 4.69) is 11.6 Å². The van der Waals surface area contributed by atoms with Crippen molar-refractivity contribution in [3.05, 3.63) is 29.8 Å². The van der Waals surface area contributed by atoms with Crippen LogP contribution in [0, 0.1) is 0 Å². The first kappa shape index (κ1) is 11.9. The van der Waals surface area contributed by atoms with E-state index in [9.17, 15) is 13.6 Å². The van der Waals surface area contributed by atoms with Crippen LogP contribution < -0.4 is 4.74 Å². The van der Waals surface area contributed by atoms with Crippen LogP contribution in [0.1, 0.15) is 17.3 Å². The van der Waals surface area contributed by atoms with E-state index in [-0.39, 0.29) is 17.9 Å². The van der Waals surface area contributed by atoms with Crippen molar-refractivity contribution < 1.29 is 18.3 Å². The minimum absolute atomic E-state index is 0.116. The van der Waals surface area contributed by atoms with Crippen LogP contribution in [-0.2, 0) is 0 Å². The Morgan fingerprint density at radius 3 is 2.60 bits per heavy atom. The van der Waals surface area contributed by atoms with Gasteiger partial charge in [0.05, 0.1) is 12.2 Å². The van der Waals surface area contributed by atoms with Crippen molar-refractivity contribution in [2.45, 2.75) is 12.3 Å². The van der Waals surface area contributed by atoms with Crippen LogP contribution in [0.4, 0.5) is 8.78 Å². The average Bonchev–Trinajstić information content (AvgIpc) is 2.17. The maximum Gasteiger partial charge on any atom is 0.385 e. The maximum atomic E-state index is 12.6. The number of carbonyl (C=O) groups is 1. The van der Waals surface area contributed by atoms with E-state index in [1.54, 1.807) is 13.0 Å². The number of rotatable bonds is 4. The smallest absolute Gasteiger partial charge is 0.385 e. The van der Waals surface area contributed by atoms with Crippen LogP contribution in [0.25, 0.3) is 0 Å². The van der Waals surface area contributed by atoms with Crippen molar-refractivity contribution in [1.82, 2.24) is 0 Å². The number of halogens is 3. The highest BCUT2D eigenvalue weighted by Gasteiger charge is 2.38.